The highest BCUT2D eigenvalue weighted by molar-refractivity contribution is 6.31. The van der Waals surface area contributed by atoms with E-state index in [1.807, 2.05) is 18.2 Å². The Balaban J connectivity index is 1.93. The van der Waals surface area contributed by atoms with E-state index in [1.54, 1.807) is 0 Å². The Morgan fingerprint density at radius 2 is 2.05 bits per heavy atom. The van der Waals surface area contributed by atoms with E-state index < -0.39 is 0 Å². The largest absolute Gasteiger partial charge is 0.399 e. The van der Waals surface area contributed by atoms with Crippen molar-refractivity contribution >= 4 is 23.0 Å². The fraction of sp³-hybridized carbons (Fsp3) is 0.294. The molecule has 1 unspecified atom stereocenters. The Bertz CT molecular complexity index is 624. The van der Waals surface area contributed by atoms with Crippen molar-refractivity contribution in [2.24, 2.45) is 5.92 Å². The molecule has 0 bridgehead atoms. The second kappa shape index (κ2) is 5.37. The molecule has 0 aliphatic carbocycles. The molecule has 0 amide bonds. The summed E-state index contributed by atoms with van der Waals surface area (Å²) in [4.78, 5) is 2.41. The standard InChI is InChI=1S/C17H19ClN2/c1-12-8-13-4-2-3-5-17(13)20(10-12)11-14-9-15(19)6-7-16(14)18/h2-7,9,12H,8,10-11,19H2,1H3. The smallest absolute Gasteiger partial charge is 0.0457 e. The van der Waals surface area contributed by atoms with Crippen molar-refractivity contribution in [2.75, 3.05) is 17.2 Å². The van der Waals surface area contributed by atoms with Crippen LogP contribution in [0.15, 0.2) is 42.5 Å². The van der Waals surface area contributed by atoms with Gasteiger partial charge < -0.3 is 10.6 Å². The third-order valence-electron chi connectivity index (χ3n) is 3.86. The molecule has 0 spiro atoms. The summed E-state index contributed by atoms with van der Waals surface area (Å²) in [5.41, 5.74) is 10.5. The zero-order chi connectivity index (χ0) is 14.1. The third kappa shape index (κ3) is 2.61. The quantitative estimate of drug-likeness (QED) is 0.842. The number of nitrogens with two attached hydrogens (primary N) is 1. The second-order valence-corrected chi connectivity index (χ2v) is 6.08. The Hall–Kier alpha value is -1.67. The van der Waals surface area contributed by atoms with Crippen LogP contribution in [0.25, 0.3) is 0 Å². The first-order chi connectivity index (χ1) is 9.63. The molecule has 0 radical (unpaired) electrons. The second-order valence-electron chi connectivity index (χ2n) is 5.67. The van der Waals surface area contributed by atoms with Gasteiger partial charge in [-0.15, -0.1) is 0 Å². The van der Waals surface area contributed by atoms with Gasteiger partial charge in [-0.25, -0.2) is 0 Å². The highest BCUT2D eigenvalue weighted by atomic mass is 35.5. The van der Waals surface area contributed by atoms with Crippen LogP contribution < -0.4 is 10.6 Å². The van der Waals surface area contributed by atoms with Gasteiger partial charge in [-0.05, 0) is 47.7 Å². The first kappa shape index (κ1) is 13.3. The number of hydrogen-bond acceptors (Lipinski definition) is 2. The van der Waals surface area contributed by atoms with Crippen LogP contribution >= 0.6 is 11.6 Å². The van der Waals surface area contributed by atoms with Gasteiger partial charge in [-0.3, -0.25) is 0 Å². The lowest BCUT2D eigenvalue weighted by atomic mass is 9.93. The fourth-order valence-corrected chi connectivity index (χ4v) is 3.15. The molecule has 2 nitrogen and oxygen atoms in total. The van der Waals surface area contributed by atoms with Crippen LogP contribution in [-0.2, 0) is 13.0 Å². The highest BCUT2D eigenvalue weighted by Gasteiger charge is 2.21. The van der Waals surface area contributed by atoms with E-state index in [-0.39, 0.29) is 0 Å². The van der Waals surface area contributed by atoms with Crippen molar-refractivity contribution in [3.05, 3.63) is 58.6 Å². The van der Waals surface area contributed by atoms with E-state index in [0.29, 0.717) is 5.92 Å². The van der Waals surface area contributed by atoms with E-state index >= 15 is 0 Å². The number of fused-ring (bicyclic) bond motifs is 1. The molecule has 2 aromatic carbocycles. The van der Waals surface area contributed by atoms with Crippen molar-refractivity contribution in [1.82, 2.24) is 0 Å². The fourth-order valence-electron chi connectivity index (χ4n) is 2.98. The molecule has 2 N–H and O–H groups in total. The van der Waals surface area contributed by atoms with Gasteiger partial charge in [0, 0.05) is 29.5 Å². The van der Waals surface area contributed by atoms with Crippen LogP contribution in [0.4, 0.5) is 11.4 Å². The minimum atomic E-state index is 0.657. The molecule has 1 aliphatic heterocycles. The molecule has 1 atom stereocenters. The zero-order valence-corrected chi connectivity index (χ0v) is 12.4. The summed E-state index contributed by atoms with van der Waals surface area (Å²) in [6, 6.07) is 14.3. The van der Waals surface area contributed by atoms with E-state index in [4.69, 9.17) is 17.3 Å². The number of para-hydroxylation sites is 1. The van der Waals surface area contributed by atoms with Crippen molar-refractivity contribution in [2.45, 2.75) is 19.9 Å². The average Bonchev–Trinajstić information content (AvgIpc) is 2.43. The van der Waals surface area contributed by atoms with Crippen LogP contribution in [-0.4, -0.2) is 6.54 Å². The Morgan fingerprint density at radius 3 is 2.90 bits per heavy atom. The van der Waals surface area contributed by atoms with Gasteiger partial charge in [0.15, 0.2) is 0 Å². The third-order valence-corrected chi connectivity index (χ3v) is 4.23. The number of benzene rings is 2. The summed E-state index contributed by atoms with van der Waals surface area (Å²) in [6.07, 6.45) is 1.15. The monoisotopic (exact) mass is 286 g/mol. The van der Waals surface area contributed by atoms with E-state index in [2.05, 4.69) is 36.1 Å². The molecule has 1 aliphatic rings. The summed E-state index contributed by atoms with van der Waals surface area (Å²) in [5, 5.41) is 0.787. The van der Waals surface area contributed by atoms with Crippen LogP contribution in [0.5, 0.6) is 0 Å². The molecule has 104 valence electrons. The number of nitrogens with zero attached hydrogens (tertiary/aromatic N) is 1. The van der Waals surface area contributed by atoms with Crippen molar-refractivity contribution < 1.29 is 0 Å². The van der Waals surface area contributed by atoms with E-state index in [0.717, 1.165) is 35.8 Å². The summed E-state index contributed by atoms with van der Waals surface area (Å²) in [5.74, 6) is 0.657. The number of nitrogen functional groups attached to an aromatic ring is 1. The van der Waals surface area contributed by atoms with Gasteiger partial charge in [0.25, 0.3) is 0 Å². The van der Waals surface area contributed by atoms with Crippen LogP contribution in [0.3, 0.4) is 0 Å². The lowest BCUT2D eigenvalue weighted by molar-refractivity contribution is 0.530. The van der Waals surface area contributed by atoms with Gasteiger partial charge in [-0.1, -0.05) is 36.7 Å². The molecule has 0 saturated carbocycles. The number of halogens is 1. The maximum absolute atomic E-state index is 6.30. The van der Waals surface area contributed by atoms with Crippen molar-refractivity contribution in [1.29, 1.82) is 0 Å². The minimum Gasteiger partial charge on any atom is -0.399 e. The van der Waals surface area contributed by atoms with E-state index in [9.17, 15) is 0 Å². The maximum atomic E-state index is 6.30. The first-order valence-corrected chi connectivity index (χ1v) is 7.38. The molecular formula is C17H19ClN2. The van der Waals surface area contributed by atoms with Crippen LogP contribution in [0.2, 0.25) is 5.02 Å². The summed E-state index contributed by atoms with van der Waals surface area (Å²) < 4.78 is 0. The predicted molar refractivity (Wildman–Crippen MR) is 86.2 cm³/mol. The summed E-state index contributed by atoms with van der Waals surface area (Å²) in [7, 11) is 0. The molecule has 20 heavy (non-hydrogen) atoms. The molecule has 0 fully saturated rings. The SMILES string of the molecule is CC1Cc2ccccc2N(Cc2cc(N)ccc2Cl)C1. The highest BCUT2D eigenvalue weighted by Crippen LogP contribution is 2.32. The zero-order valence-electron chi connectivity index (χ0n) is 11.6. The molecule has 3 heteroatoms. The first-order valence-electron chi connectivity index (χ1n) is 7.00. The minimum absolute atomic E-state index is 0.657. The topological polar surface area (TPSA) is 29.3 Å². The molecule has 0 aromatic heterocycles. The van der Waals surface area contributed by atoms with Gasteiger partial charge in [-0.2, -0.15) is 0 Å². The van der Waals surface area contributed by atoms with Crippen molar-refractivity contribution in [3.63, 3.8) is 0 Å². The van der Waals surface area contributed by atoms with Gasteiger partial charge >= 0.3 is 0 Å². The number of anilines is 2. The molecule has 2 aromatic rings. The Labute approximate surface area is 125 Å². The molecule has 0 saturated heterocycles. The number of hydrogen-bond donors (Lipinski definition) is 1. The molecular weight excluding hydrogens is 268 g/mol. The van der Waals surface area contributed by atoms with Crippen molar-refractivity contribution in [3.8, 4) is 0 Å². The van der Waals surface area contributed by atoms with Crippen LogP contribution in [0, 0.1) is 5.92 Å². The summed E-state index contributed by atoms with van der Waals surface area (Å²) in [6.45, 7) is 4.16. The van der Waals surface area contributed by atoms with Gasteiger partial charge in [0.1, 0.15) is 0 Å². The predicted octanol–water partition coefficient (Wildman–Crippen LogP) is 4.12. The Morgan fingerprint density at radius 1 is 1.25 bits per heavy atom. The number of rotatable bonds is 2. The normalized spacial score (nSPS) is 17.9. The molecule has 3 rings (SSSR count). The van der Waals surface area contributed by atoms with Crippen LogP contribution in [0.1, 0.15) is 18.1 Å². The van der Waals surface area contributed by atoms with Gasteiger partial charge in [0.2, 0.25) is 0 Å². The lowest BCUT2D eigenvalue weighted by Crippen LogP contribution is -2.33. The summed E-state index contributed by atoms with van der Waals surface area (Å²) >= 11 is 6.30. The lowest BCUT2D eigenvalue weighted by Gasteiger charge is -2.35. The van der Waals surface area contributed by atoms with E-state index in [1.165, 1.54) is 11.3 Å². The maximum Gasteiger partial charge on any atom is 0.0457 e. The molecule has 1 heterocycles. The Kier molecular flexibility index (Phi) is 3.58. The average molecular weight is 287 g/mol. The van der Waals surface area contributed by atoms with Gasteiger partial charge in [0.05, 0.1) is 0 Å².